The van der Waals surface area contributed by atoms with Gasteiger partial charge in [-0.15, -0.1) is 0 Å². The van der Waals surface area contributed by atoms with E-state index in [1.807, 2.05) is 0 Å². The molecule has 8 nitrogen and oxygen atoms in total. The number of ether oxygens (including phenoxy) is 2. The molecule has 6 spiro atoms. The second-order valence-electron chi connectivity index (χ2n) is 31.0. The lowest BCUT2D eigenvalue weighted by molar-refractivity contribution is -0.283. The molecular weight excluding hydrogens is 963 g/mol. The van der Waals surface area contributed by atoms with Crippen LogP contribution in [0.3, 0.4) is 0 Å². The first-order valence-electron chi connectivity index (χ1n) is 33.0. The highest BCUT2D eigenvalue weighted by Crippen LogP contribution is 2.89. The number of fused-ring (bicyclic) bond motifs is 10. The van der Waals surface area contributed by atoms with Crippen LogP contribution in [-0.4, -0.2) is 64.6 Å². The van der Waals surface area contributed by atoms with Gasteiger partial charge >= 0.3 is 11.9 Å². The molecule has 11 aliphatic carbocycles. The minimum Gasteiger partial charge on any atom is -0.508 e. The average Bonchev–Trinajstić information content (AvgIpc) is 1.70. The van der Waals surface area contributed by atoms with Gasteiger partial charge in [-0.25, -0.2) is 4.79 Å². The molecule has 8 heteroatoms. The van der Waals surface area contributed by atoms with Crippen LogP contribution in [-0.2, 0) is 32.7 Å². The van der Waals surface area contributed by atoms with Gasteiger partial charge in [-0.3, -0.25) is 9.69 Å². The number of carbonyl (C=O) groups excluding carboxylic acids is 2. The molecule has 1 aromatic rings. The Balaban J connectivity index is 0.948. The monoisotopic (exact) mass is 1050 g/mol. The number of carbonyl (C=O) groups is 2. The maximum atomic E-state index is 17.1. The average molecular weight is 1050 g/mol. The van der Waals surface area contributed by atoms with E-state index in [1.165, 1.54) is 134 Å². The van der Waals surface area contributed by atoms with E-state index in [1.54, 1.807) is 16.8 Å². The minimum absolute atomic E-state index is 0.0286. The normalized spacial score (nSPS) is 48.4. The van der Waals surface area contributed by atoms with Crippen LogP contribution in [0.5, 0.6) is 0 Å². The molecule has 6 saturated carbocycles. The van der Waals surface area contributed by atoms with Gasteiger partial charge in [-0.1, -0.05) is 92.7 Å². The number of rotatable bonds is 4. The van der Waals surface area contributed by atoms with Crippen molar-refractivity contribution in [3.05, 3.63) is 80.5 Å². The van der Waals surface area contributed by atoms with Gasteiger partial charge in [0.2, 0.25) is 0 Å². The molecule has 0 radical (unpaired) electrons. The molecule has 410 valence electrons. The zero-order valence-corrected chi connectivity index (χ0v) is 46.7. The lowest BCUT2D eigenvalue weighted by atomic mass is 9.27. The summed E-state index contributed by atoms with van der Waals surface area (Å²) in [5.41, 5.74) is 13.9. The fourth-order valence-electron chi connectivity index (χ4n) is 27.2. The summed E-state index contributed by atoms with van der Waals surface area (Å²) in [5.74, 6) is 11.8. The Labute approximate surface area is 463 Å². The van der Waals surface area contributed by atoms with E-state index < -0.39 is 16.4 Å². The van der Waals surface area contributed by atoms with Gasteiger partial charge in [0.05, 0.1) is 11.0 Å². The summed E-state index contributed by atoms with van der Waals surface area (Å²) in [6.45, 7) is 5.40. The zero-order valence-electron chi connectivity index (χ0n) is 46.7. The number of nitrogens with two attached hydrogens (primary N) is 1. The number of aliphatic hydroxyl groups is 1. The lowest BCUT2D eigenvalue weighted by Crippen LogP contribution is -2.78. The number of nitrogens with zero attached hydrogens (tertiary/aromatic N) is 2. The van der Waals surface area contributed by atoms with Gasteiger partial charge in [0.1, 0.15) is 11.2 Å². The molecule has 7 heterocycles. The molecule has 0 unspecified atom stereocenters. The highest BCUT2D eigenvalue weighted by molar-refractivity contribution is 6.01. The third-order valence-electron chi connectivity index (χ3n) is 29.0. The van der Waals surface area contributed by atoms with Crippen molar-refractivity contribution in [1.29, 1.82) is 0 Å². The summed E-state index contributed by atoms with van der Waals surface area (Å²) < 4.78 is 15.3. The number of piperidine rings is 3. The highest BCUT2D eigenvalue weighted by Gasteiger charge is 2.94. The second-order valence-corrected chi connectivity index (χ2v) is 31.0. The maximum absolute atomic E-state index is 17.1. The molecule has 4 bridgehead atoms. The van der Waals surface area contributed by atoms with E-state index in [9.17, 15) is 5.11 Å². The van der Waals surface area contributed by atoms with Crippen molar-refractivity contribution in [3.63, 3.8) is 0 Å². The van der Waals surface area contributed by atoms with Crippen LogP contribution < -0.4 is 5.73 Å². The van der Waals surface area contributed by atoms with Crippen molar-refractivity contribution in [2.75, 3.05) is 19.6 Å². The quantitative estimate of drug-likeness (QED) is 0.175. The Morgan fingerprint density at radius 3 is 2.45 bits per heavy atom. The minimum atomic E-state index is -1.19. The smallest absolute Gasteiger partial charge is 0.339 e. The molecule has 17 atom stereocenters. The highest BCUT2D eigenvalue weighted by atomic mass is 16.6. The van der Waals surface area contributed by atoms with E-state index in [0.29, 0.717) is 101 Å². The van der Waals surface area contributed by atoms with Crippen LogP contribution in [0.2, 0.25) is 0 Å². The fraction of sp³-hybridized carbons (Fsp3) is 0.743. The number of allylic oxidation sites excluding steroid dienone is 4. The van der Waals surface area contributed by atoms with E-state index in [2.05, 4.69) is 52.8 Å². The summed E-state index contributed by atoms with van der Waals surface area (Å²) >= 11 is 0. The van der Waals surface area contributed by atoms with Crippen LogP contribution >= 0.6 is 0 Å². The van der Waals surface area contributed by atoms with E-state index in [4.69, 9.17) is 15.2 Å². The number of benzene rings is 1. The van der Waals surface area contributed by atoms with Crippen LogP contribution in [0, 0.1) is 110 Å². The van der Waals surface area contributed by atoms with Crippen LogP contribution in [0.15, 0.2) is 58.2 Å². The van der Waals surface area contributed by atoms with Gasteiger partial charge in [0.15, 0.2) is 11.4 Å². The first kappa shape index (κ1) is 46.8. The van der Waals surface area contributed by atoms with Gasteiger partial charge in [-0.2, -0.15) is 0 Å². The molecular formula is C70H85N3O5. The van der Waals surface area contributed by atoms with Crippen molar-refractivity contribution in [2.45, 2.75) is 204 Å². The summed E-state index contributed by atoms with van der Waals surface area (Å²) in [5, 5.41) is 14.9. The van der Waals surface area contributed by atoms with Gasteiger partial charge < -0.3 is 25.2 Å². The predicted molar refractivity (Wildman–Crippen MR) is 297 cm³/mol. The second kappa shape index (κ2) is 15.4. The summed E-state index contributed by atoms with van der Waals surface area (Å²) in [7, 11) is 0. The maximum Gasteiger partial charge on any atom is 0.339 e. The van der Waals surface area contributed by atoms with Gasteiger partial charge in [-0.05, 0) is 215 Å². The number of aliphatic hydroxyl groups excluding tert-OH is 1. The summed E-state index contributed by atoms with van der Waals surface area (Å²) in [4.78, 5) is 39.2. The number of esters is 2. The summed E-state index contributed by atoms with van der Waals surface area (Å²) in [6.07, 6.45) is 36.4. The third kappa shape index (κ3) is 5.09. The Morgan fingerprint density at radius 2 is 1.65 bits per heavy atom. The zero-order chi connectivity index (χ0) is 51.6. The van der Waals surface area contributed by atoms with Crippen molar-refractivity contribution >= 4 is 11.9 Å². The number of hydrogen-bond donors (Lipinski definition) is 2. The number of hydrogen-bond acceptors (Lipinski definition) is 8. The van der Waals surface area contributed by atoms with Crippen LogP contribution in [0.25, 0.3) is 0 Å². The van der Waals surface area contributed by atoms with Crippen molar-refractivity contribution in [1.82, 2.24) is 9.80 Å². The molecule has 11 fully saturated rings. The van der Waals surface area contributed by atoms with Crippen molar-refractivity contribution in [3.8, 4) is 11.8 Å². The van der Waals surface area contributed by atoms with Gasteiger partial charge in [0, 0.05) is 72.6 Å². The van der Waals surface area contributed by atoms with E-state index in [0.717, 1.165) is 55.5 Å². The Kier molecular flexibility index (Phi) is 9.26. The molecule has 1 aromatic carbocycles. The third-order valence-corrected chi connectivity index (χ3v) is 29.0. The van der Waals surface area contributed by atoms with Crippen LogP contribution in [0.1, 0.15) is 194 Å². The van der Waals surface area contributed by atoms with Crippen molar-refractivity contribution < 1.29 is 24.2 Å². The topological polar surface area (TPSA) is 105 Å². The molecule has 19 rings (SSSR count). The standard InChI is InChI=1S/C70H85N3O5/c1-38-30-44-19-20-51-45-31-46-35-72(51)59(44)54-49-22-28-68-62-60(74)55-47(48-21-27-65(61(55)73(34-45)58(46)48)36-66(23-4-5-24-66)67(37-65)25-6-7-26-67)14-8-12-41-16-15-40(13-9-29-71)53-57(41)70(68,78-63(53)75)52-33-42(39-10-2-3-11-39)17-18-43(32-50(38)54)56(49)69(52,68)64(76)77-62/h15-18,38-39,42-43,45-48,50-52,54-55,58,61,74H,2-7,9-13,19-37,71H2,1H3/b18-17-,62-60+/t38-,42-,43+,45-,46-,47-,48-,50-,51+,52+,54+,55+,58+,61-,68-,69-,70+/m1/s1. The Hall–Kier alpha value is -3.80. The predicted octanol–water partition coefficient (Wildman–Crippen LogP) is 12.6. The largest absolute Gasteiger partial charge is 0.508 e. The summed E-state index contributed by atoms with van der Waals surface area (Å²) in [6, 6.07) is 5.58. The number of aryl methyl sites for hydroxylation is 1. The fourth-order valence-corrected chi connectivity index (χ4v) is 27.2. The molecule has 0 amide bonds. The Bertz CT molecular complexity index is 3090. The molecule has 18 aliphatic rings. The molecule has 5 saturated heterocycles. The van der Waals surface area contributed by atoms with E-state index in [-0.39, 0.29) is 58.9 Å². The molecule has 3 N–H and O–H groups in total. The van der Waals surface area contributed by atoms with Crippen LogP contribution in [0.4, 0.5) is 0 Å². The first-order valence-corrected chi connectivity index (χ1v) is 33.0. The van der Waals surface area contributed by atoms with Crippen molar-refractivity contribution in [2.24, 2.45) is 104 Å². The molecule has 7 aliphatic heterocycles. The first-order chi connectivity index (χ1) is 38.1. The van der Waals surface area contributed by atoms with Gasteiger partial charge in [0.25, 0.3) is 0 Å². The molecule has 0 aromatic heterocycles. The molecule has 78 heavy (non-hydrogen) atoms. The lowest BCUT2D eigenvalue weighted by Gasteiger charge is -2.73. The Morgan fingerprint density at radius 1 is 0.846 bits per heavy atom. The van der Waals surface area contributed by atoms with E-state index >= 15 is 9.59 Å². The SMILES string of the molecule is C[C@@H]1CC2=C3[C@H]4C5=C6[C@@H](/C=C\[C@@H](C7CCCC7)C[C@H]7[C@]68C(=O)O/C6=C(/O)[C@@H]9[C@H](C#CCc%10ccc(CCCN)c%11c%10[C@]7(OC%11=O)[C@]68CC5)[C@H]5CCC6(CC7(CCCC7)C7(CCCC7)C6)[C@@H]9N6C[C@H]7C[C@H](CN3[C@H]7CC2)[C@@H]56)C[C@@H]41.